The number of nitrogens with zero attached hydrogens (tertiary/aromatic N) is 2. The summed E-state index contributed by atoms with van der Waals surface area (Å²) in [5.41, 5.74) is 0.666. The van der Waals surface area contributed by atoms with Gasteiger partial charge in [0.15, 0.2) is 5.78 Å². The second kappa shape index (κ2) is 8.42. The molecule has 0 radical (unpaired) electrons. The van der Waals surface area contributed by atoms with E-state index in [1.54, 1.807) is 24.5 Å². The molecule has 1 aliphatic rings. The number of benzene rings is 1. The van der Waals surface area contributed by atoms with Crippen LogP contribution in [0.2, 0.25) is 0 Å². The van der Waals surface area contributed by atoms with Gasteiger partial charge in [0, 0.05) is 50.5 Å². The van der Waals surface area contributed by atoms with Crippen molar-refractivity contribution in [2.24, 2.45) is 0 Å². The van der Waals surface area contributed by atoms with Crippen LogP contribution in [-0.2, 0) is 4.79 Å². The van der Waals surface area contributed by atoms with Gasteiger partial charge in [-0.05, 0) is 12.1 Å². The Morgan fingerprint density at radius 2 is 1.80 bits per heavy atom. The Morgan fingerprint density at radius 1 is 1.04 bits per heavy atom. The molecule has 1 fully saturated rings. The summed E-state index contributed by atoms with van der Waals surface area (Å²) in [4.78, 5) is 30.3. The van der Waals surface area contributed by atoms with Gasteiger partial charge in [-0.1, -0.05) is 30.3 Å². The van der Waals surface area contributed by atoms with Gasteiger partial charge in [-0.3, -0.25) is 14.6 Å². The zero-order chi connectivity index (χ0) is 17.5. The Kier molecular flexibility index (Phi) is 5.77. The molecule has 1 aromatic carbocycles. The first-order valence-electron chi connectivity index (χ1n) is 8.65. The maximum atomic E-state index is 12.3. The predicted molar refractivity (Wildman–Crippen MR) is 94.5 cm³/mol. The highest BCUT2D eigenvalue weighted by Crippen LogP contribution is 2.19. The average Bonchev–Trinajstić information content (AvgIpc) is 2.68. The van der Waals surface area contributed by atoms with E-state index in [9.17, 15) is 9.59 Å². The molecule has 0 unspecified atom stereocenters. The third-order valence-corrected chi connectivity index (χ3v) is 4.39. The summed E-state index contributed by atoms with van der Waals surface area (Å²) in [5, 5.41) is 0. The minimum Gasteiger partial charge on any atom is -0.489 e. The third-order valence-electron chi connectivity index (χ3n) is 4.39. The van der Waals surface area contributed by atoms with Gasteiger partial charge in [0.1, 0.15) is 11.9 Å². The molecule has 1 saturated heterocycles. The zero-order valence-electron chi connectivity index (χ0n) is 14.1. The van der Waals surface area contributed by atoms with E-state index in [1.165, 1.54) is 0 Å². The lowest BCUT2D eigenvalue weighted by Gasteiger charge is -2.32. The number of carbonyl (C=O) groups excluding carboxylic acids is 2. The maximum Gasteiger partial charge on any atom is 0.223 e. The van der Waals surface area contributed by atoms with Gasteiger partial charge in [0.25, 0.3) is 0 Å². The monoisotopic (exact) mass is 338 g/mol. The van der Waals surface area contributed by atoms with Crippen LogP contribution in [0.4, 0.5) is 0 Å². The standard InChI is InChI=1S/C20H22N2O3/c23-19(16-5-2-1-3-6-16)8-9-20(24)22-13-10-17(11-14-22)25-18-7-4-12-21-15-18/h1-7,12,15,17H,8-11,13-14H2. The van der Waals surface area contributed by atoms with E-state index in [2.05, 4.69) is 4.98 Å². The predicted octanol–water partition coefficient (Wildman–Crippen LogP) is 3.11. The number of rotatable bonds is 6. The minimum absolute atomic E-state index is 0.0174. The summed E-state index contributed by atoms with van der Waals surface area (Å²) in [5.74, 6) is 0.827. The summed E-state index contributed by atoms with van der Waals surface area (Å²) < 4.78 is 5.88. The number of ketones is 1. The summed E-state index contributed by atoms with van der Waals surface area (Å²) in [6, 6.07) is 12.9. The molecule has 1 aromatic heterocycles. The van der Waals surface area contributed by atoms with Crippen LogP contribution in [0.15, 0.2) is 54.9 Å². The first-order valence-corrected chi connectivity index (χ1v) is 8.65. The molecule has 5 nitrogen and oxygen atoms in total. The summed E-state index contributed by atoms with van der Waals surface area (Å²) in [6.45, 7) is 1.34. The van der Waals surface area contributed by atoms with Crippen LogP contribution >= 0.6 is 0 Å². The molecular formula is C20H22N2O3. The number of amides is 1. The van der Waals surface area contributed by atoms with Crippen LogP contribution in [0.1, 0.15) is 36.0 Å². The maximum absolute atomic E-state index is 12.3. The summed E-state index contributed by atoms with van der Waals surface area (Å²) >= 11 is 0. The first-order chi connectivity index (χ1) is 12.2. The number of hydrogen-bond acceptors (Lipinski definition) is 4. The smallest absolute Gasteiger partial charge is 0.223 e. The molecule has 1 amide bonds. The van der Waals surface area contributed by atoms with Crippen LogP contribution in [0.25, 0.3) is 0 Å². The molecular weight excluding hydrogens is 316 g/mol. The van der Waals surface area contributed by atoms with E-state index < -0.39 is 0 Å². The molecule has 3 rings (SSSR count). The molecule has 0 saturated carbocycles. The number of likely N-dealkylation sites (tertiary alicyclic amines) is 1. The number of Topliss-reactive ketones (excluding diaryl/α,β-unsaturated/α-hetero) is 1. The number of hydrogen-bond donors (Lipinski definition) is 0. The molecule has 0 aliphatic carbocycles. The number of piperidine rings is 1. The van der Waals surface area contributed by atoms with Crippen molar-refractivity contribution in [1.82, 2.24) is 9.88 Å². The number of carbonyl (C=O) groups is 2. The van der Waals surface area contributed by atoms with Crippen LogP contribution < -0.4 is 4.74 Å². The van der Waals surface area contributed by atoms with Crippen molar-refractivity contribution >= 4 is 11.7 Å². The zero-order valence-corrected chi connectivity index (χ0v) is 14.1. The highest BCUT2D eigenvalue weighted by Gasteiger charge is 2.24. The Morgan fingerprint density at radius 3 is 2.48 bits per heavy atom. The topological polar surface area (TPSA) is 59.5 Å². The Labute approximate surface area is 147 Å². The van der Waals surface area contributed by atoms with Crippen molar-refractivity contribution in [2.45, 2.75) is 31.8 Å². The summed E-state index contributed by atoms with van der Waals surface area (Å²) in [6.07, 6.45) is 5.65. The van der Waals surface area contributed by atoms with Crippen molar-refractivity contribution in [3.63, 3.8) is 0 Å². The first kappa shape index (κ1) is 17.1. The van der Waals surface area contributed by atoms with Crippen LogP contribution in [0.5, 0.6) is 5.75 Å². The normalized spacial score (nSPS) is 15.0. The lowest BCUT2D eigenvalue weighted by atomic mass is 10.0. The Bertz CT molecular complexity index is 695. The largest absolute Gasteiger partial charge is 0.489 e. The molecule has 0 atom stereocenters. The number of aromatic nitrogens is 1. The lowest BCUT2D eigenvalue weighted by Crippen LogP contribution is -2.41. The second-order valence-corrected chi connectivity index (χ2v) is 6.18. The van der Waals surface area contributed by atoms with Gasteiger partial charge in [-0.15, -0.1) is 0 Å². The molecule has 0 N–H and O–H groups in total. The third kappa shape index (κ3) is 4.89. The van der Waals surface area contributed by atoms with E-state index in [-0.39, 0.29) is 30.6 Å². The molecule has 25 heavy (non-hydrogen) atoms. The van der Waals surface area contributed by atoms with E-state index in [1.807, 2.05) is 35.2 Å². The highest BCUT2D eigenvalue weighted by molar-refractivity contribution is 5.97. The number of ether oxygens (including phenoxy) is 1. The van der Waals surface area contributed by atoms with Crippen LogP contribution in [0.3, 0.4) is 0 Å². The quantitative estimate of drug-likeness (QED) is 0.759. The van der Waals surface area contributed by atoms with E-state index in [0.29, 0.717) is 18.7 Å². The van der Waals surface area contributed by atoms with E-state index in [4.69, 9.17) is 4.74 Å². The molecule has 2 heterocycles. The SMILES string of the molecule is O=C(CCC(=O)N1CCC(Oc2cccnc2)CC1)c1ccccc1. The van der Waals surface area contributed by atoms with Gasteiger partial charge < -0.3 is 9.64 Å². The average molecular weight is 338 g/mol. The van der Waals surface area contributed by atoms with Crippen molar-refractivity contribution in [3.05, 3.63) is 60.4 Å². The van der Waals surface area contributed by atoms with Crippen molar-refractivity contribution < 1.29 is 14.3 Å². The molecule has 0 bridgehead atoms. The molecule has 2 aromatic rings. The highest BCUT2D eigenvalue weighted by atomic mass is 16.5. The molecule has 5 heteroatoms. The van der Waals surface area contributed by atoms with Gasteiger partial charge in [0.05, 0.1) is 6.20 Å². The van der Waals surface area contributed by atoms with E-state index >= 15 is 0 Å². The van der Waals surface area contributed by atoms with Crippen molar-refractivity contribution in [3.8, 4) is 5.75 Å². The lowest BCUT2D eigenvalue weighted by molar-refractivity contribution is -0.132. The second-order valence-electron chi connectivity index (χ2n) is 6.18. The Balaban J connectivity index is 1.42. The van der Waals surface area contributed by atoms with Crippen molar-refractivity contribution in [2.75, 3.05) is 13.1 Å². The fourth-order valence-corrected chi connectivity index (χ4v) is 2.98. The minimum atomic E-state index is 0.0174. The fourth-order valence-electron chi connectivity index (χ4n) is 2.98. The Hall–Kier alpha value is -2.69. The summed E-state index contributed by atoms with van der Waals surface area (Å²) in [7, 11) is 0. The molecule has 0 spiro atoms. The van der Waals surface area contributed by atoms with Crippen LogP contribution in [-0.4, -0.2) is 40.8 Å². The van der Waals surface area contributed by atoms with Crippen molar-refractivity contribution in [1.29, 1.82) is 0 Å². The van der Waals surface area contributed by atoms with Crippen LogP contribution in [0, 0.1) is 0 Å². The van der Waals surface area contributed by atoms with Gasteiger partial charge in [-0.2, -0.15) is 0 Å². The fraction of sp³-hybridized carbons (Fsp3) is 0.350. The van der Waals surface area contributed by atoms with Gasteiger partial charge in [-0.25, -0.2) is 0 Å². The van der Waals surface area contributed by atoms with Gasteiger partial charge in [0.2, 0.25) is 5.91 Å². The van der Waals surface area contributed by atoms with E-state index in [0.717, 1.165) is 18.6 Å². The molecule has 1 aliphatic heterocycles. The van der Waals surface area contributed by atoms with Gasteiger partial charge >= 0.3 is 0 Å². The molecule has 130 valence electrons. The number of pyridine rings is 1.